The lowest BCUT2D eigenvalue weighted by atomic mass is 10.2. The molecular weight excluding hydrogens is 244 g/mol. The molecule has 19 heavy (non-hydrogen) atoms. The van der Waals surface area contributed by atoms with Crippen LogP contribution < -0.4 is 10.1 Å². The van der Waals surface area contributed by atoms with Crippen molar-refractivity contribution in [2.24, 2.45) is 0 Å². The molecule has 0 aliphatic rings. The van der Waals surface area contributed by atoms with Crippen molar-refractivity contribution in [2.75, 3.05) is 12.4 Å². The van der Waals surface area contributed by atoms with Crippen molar-refractivity contribution in [3.63, 3.8) is 0 Å². The molecular formula is C13H16N4O2. The quantitative estimate of drug-likeness (QED) is 0.891. The van der Waals surface area contributed by atoms with Gasteiger partial charge in [-0.1, -0.05) is 0 Å². The van der Waals surface area contributed by atoms with E-state index in [4.69, 9.17) is 4.74 Å². The van der Waals surface area contributed by atoms with Crippen molar-refractivity contribution in [1.82, 2.24) is 14.8 Å². The highest BCUT2D eigenvalue weighted by atomic mass is 16.5. The summed E-state index contributed by atoms with van der Waals surface area (Å²) in [5.74, 6) is 0.696. The number of anilines is 1. The fraction of sp³-hybridized carbons (Fsp3) is 0.308. The van der Waals surface area contributed by atoms with Crippen LogP contribution in [0.5, 0.6) is 5.75 Å². The molecule has 0 spiro atoms. The van der Waals surface area contributed by atoms with Gasteiger partial charge in [-0.15, -0.1) is 0 Å². The van der Waals surface area contributed by atoms with Crippen molar-refractivity contribution in [1.29, 1.82) is 0 Å². The zero-order valence-electron chi connectivity index (χ0n) is 10.9. The van der Waals surface area contributed by atoms with Crippen molar-refractivity contribution in [3.8, 4) is 5.75 Å². The highest BCUT2D eigenvalue weighted by molar-refractivity contribution is 5.90. The van der Waals surface area contributed by atoms with Gasteiger partial charge in [-0.25, -0.2) is 9.67 Å². The fourth-order valence-electron chi connectivity index (χ4n) is 1.69. The van der Waals surface area contributed by atoms with Gasteiger partial charge in [0.25, 0.3) is 0 Å². The Labute approximate surface area is 111 Å². The third-order valence-corrected chi connectivity index (χ3v) is 2.74. The Kier molecular flexibility index (Phi) is 4.12. The predicted molar refractivity (Wildman–Crippen MR) is 71.0 cm³/mol. The van der Waals surface area contributed by atoms with Gasteiger partial charge in [0.15, 0.2) is 0 Å². The van der Waals surface area contributed by atoms with E-state index in [2.05, 4.69) is 15.4 Å². The topological polar surface area (TPSA) is 69.0 Å². The molecule has 0 radical (unpaired) electrons. The molecule has 0 saturated carbocycles. The normalized spacial score (nSPS) is 11.9. The van der Waals surface area contributed by atoms with E-state index < -0.39 is 0 Å². The van der Waals surface area contributed by atoms with Crippen LogP contribution in [-0.4, -0.2) is 27.8 Å². The van der Waals surface area contributed by atoms with Crippen LogP contribution >= 0.6 is 0 Å². The van der Waals surface area contributed by atoms with Gasteiger partial charge < -0.3 is 10.1 Å². The van der Waals surface area contributed by atoms with E-state index in [1.165, 1.54) is 6.33 Å². The Morgan fingerprint density at radius 2 is 2.16 bits per heavy atom. The molecule has 6 heteroatoms. The summed E-state index contributed by atoms with van der Waals surface area (Å²) in [5.41, 5.74) is 0.747. The molecule has 0 aliphatic carbocycles. The van der Waals surface area contributed by atoms with Crippen LogP contribution in [0.4, 0.5) is 5.69 Å². The molecule has 2 aromatic rings. The van der Waals surface area contributed by atoms with Crippen LogP contribution in [0.2, 0.25) is 0 Å². The molecule has 6 nitrogen and oxygen atoms in total. The summed E-state index contributed by atoms with van der Waals surface area (Å²) in [5, 5.41) is 6.84. The number of carbonyl (C=O) groups is 1. The summed E-state index contributed by atoms with van der Waals surface area (Å²) < 4.78 is 6.72. The average Bonchev–Trinajstić information content (AvgIpc) is 2.93. The first-order valence-electron chi connectivity index (χ1n) is 5.97. The van der Waals surface area contributed by atoms with E-state index in [9.17, 15) is 4.79 Å². The number of hydrogen-bond donors (Lipinski definition) is 1. The number of nitrogens with zero attached hydrogens (tertiary/aromatic N) is 3. The van der Waals surface area contributed by atoms with Gasteiger partial charge in [-0.3, -0.25) is 4.79 Å². The van der Waals surface area contributed by atoms with Gasteiger partial charge in [0.2, 0.25) is 5.91 Å². The van der Waals surface area contributed by atoms with E-state index in [0.29, 0.717) is 6.42 Å². The fourth-order valence-corrected chi connectivity index (χ4v) is 1.69. The zero-order chi connectivity index (χ0) is 13.7. The smallest absolute Gasteiger partial charge is 0.226 e. The number of aromatic nitrogens is 3. The molecule has 1 atom stereocenters. The molecule has 0 unspecified atom stereocenters. The molecule has 0 aliphatic heterocycles. The van der Waals surface area contributed by atoms with Crippen LogP contribution in [-0.2, 0) is 4.79 Å². The number of nitrogens with one attached hydrogen (secondary N) is 1. The van der Waals surface area contributed by atoms with Gasteiger partial charge in [0.1, 0.15) is 18.4 Å². The van der Waals surface area contributed by atoms with Gasteiger partial charge in [0, 0.05) is 12.1 Å². The molecule has 1 aromatic carbocycles. The van der Waals surface area contributed by atoms with Crippen LogP contribution in [0.1, 0.15) is 19.4 Å². The number of ether oxygens (including phenoxy) is 1. The minimum absolute atomic E-state index is 0.0271. The predicted octanol–water partition coefficient (Wildman–Crippen LogP) is 1.88. The first-order chi connectivity index (χ1) is 9.19. The van der Waals surface area contributed by atoms with Crippen LogP contribution in [0.25, 0.3) is 0 Å². The minimum Gasteiger partial charge on any atom is -0.497 e. The first kappa shape index (κ1) is 13.1. The second-order valence-electron chi connectivity index (χ2n) is 4.21. The maximum absolute atomic E-state index is 11.9. The second-order valence-corrected chi connectivity index (χ2v) is 4.21. The van der Waals surface area contributed by atoms with Crippen molar-refractivity contribution >= 4 is 11.6 Å². The summed E-state index contributed by atoms with van der Waals surface area (Å²) in [4.78, 5) is 15.7. The summed E-state index contributed by atoms with van der Waals surface area (Å²) in [6.07, 6.45) is 3.40. The maximum Gasteiger partial charge on any atom is 0.226 e. The summed E-state index contributed by atoms with van der Waals surface area (Å²) in [6.45, 7) is 1.92. The summed E-state index contributed by atoms with van der Waals surface area (Å²) in [7, 11) is 1.60. The van der Waals surface area contributed by atoms with E-state index in [1.54, 1.807) is 42.4 Å². The maximum atomic E-state index is 11.9. The van der Waals surface area contributed by atoms with E-state index in [0.717, 1.165) is 11.4 Å². The lowest BCUT2D eigenvalue weighted by molar-refractivity contribution is -0.116. The molecule has 1 N–H and O–H groups in total. The standard InChI is InChI=1S/C13H16N4O2/c1-10(17-9-14-8-15-17)7-13(18)16-11-3-5-12(19-2)6-4-11/h3-6,8-10H,7H2,1-2H3,(H,16,18)/t10-/m0/s1. The number of hydrogen-bond acceptors (Lipinski definition) is 4. The molecule has 0 bridgehead atoms. The number of benzene rings is 1. The van der Waals surface area contributed by atoms with Gasteiger partial charge in [-0.05, 0) is 31.2 Å². The first-order valence-corrected chi connectivity index (χ1v) is 5.97. The number of carbonyl (C=O) groups excluding carboxylic acids is 1. The van der Waals surface area contributed by atoms with E-state index in [1.807, 2.05) is 6.92 Å². The van der Waals surface area contributed by atoms with Crippen molar-refractivity contribution in [3.05, 3.63) is 36.9 Å². The Balaban J connectivity index is 1.90. The Morgan fingerprint density at radius 3 is 2.74 bits per heavy atom. The van der Waals surface area contributed by atoms with E-state index in [-0.39, 0.29) is 11.9 Å². The van der Waals surface area contributed by atoms with Crippen molar-refractivity contribution in [2.45, 2.75) is 19.4 Å². The highest BCUT2D eigenvalue weighted by Crippen LogP contribution is 2.16. The summed E-state index contributed by atoms with van der Waals surface area (Å²) >= 11 is 0. The monoisotopic (exact) mass is 260 g/mol. The largest absolute Gasteiger partial charge is 0.497 e. The van der Waals surface area contributed by atoms with Crippen LogP contribution in [0, 0.1) is 0 Å². The average molecular weight is 260 g/mol. The molecule has 1 aromatic heterocycles. The molecule has 1 amide bonds. The SMILES string of the molecule is COc1ccc(NC(=O)C[C@H](C)n2cncn2)cc1. The summed E-state index contributed by atoms with van der Waals surface area (Å²) in [6, 6.07) is 7.18. The van der Waals surface area contributed by atoms with E-state index >= 15 is 0 Å². The second kappa shape index (κ2) is 5.99. The van der Waals surface area contributed by atoms with Gasteiger partial charge >= 0.3 is 0 Å². The Hall–Kier alpha value is -2.37. The molecule has 1 heterocycles. The third kappa shape index (κ3) is 3.54. The lowest BCUT2D eigenvalue weighted by Gasteiger charge is -2.11. The zero-order valence-corrected chi connectivity index (χ0v) is 10.9. The molecule has 100 valence electrons. The van der Waals surface area contributed by atoms with Gasteiger partial charge in [0.05, 0.1) is 13.2 Å². The molecule has 0 saturated heterocycles. The van der Waals surface area contributed by atoms with Gasteiger partial charge in [-0.2, -0.15) is 5.10 Å². The van der Waals surface area contributed by atoms with Crippen LogP contribution in [0.3, 0.4) is 0 Å². The molecule has 0 fully saturated rings. The highest BCUT2D eigenvalue weighted by Gasteiger charge is 2.11. The van der Waals surface area contributed by atoms with Crippen molar-refractivity contribution < 1.29 is 9.53 Å². The number of rotatable bonds is 5. The minimum atomic E-state index is -0.0619. The third-order valence-electron chi connectivity index (χ3n) is 2.74. The Bertz CT molecular complexity index is 522. The molecule has 2 rings (SSSR count). The Morgan fingerprint density at radius 1 is 1.42 bits per heavy atom. The number of amides is 1. The van der Waals surface area contributed by atoms with Crippen LogP contribution in [0.15, 0.2) is 36.9 Å². The number of methoxy groups -OCH3 is 1. The lowest BCUT2D eigenvalue weighted by Crippen LogP contribution is -2.17.